The van der Waals surface area contributed by atoms with Crippen LogP contribution in [0, 0.1) is 10.5 Å². The van der Waals surface area contributed by atoms with Crippen molar-refractivity contribution in [2.24, 2.45) is 0 Å². The smallest absolute Gasteiger partial charge is 0.311 e. The minimum Gasteiger partial charge on any atom is -0.424 e. The van der Waals surface area contributed by atoms with Gasteiger partial charge in [0, 0.05) is 5.02 Å². The predicted molar refractivity (Wildman–Crippen MR) is 60.2 cm³/mol. The molecule has 1 aromatic carbocycles. The maximum absolute atomic E-state index is 10.6. The summed E-state index contributed by atoms with van der Waals surface area (Å²) >= 11 is 13.5. The van der Waals surface area contributed by atoms with Crippen molar-refractivity contribution in [3.63, 3.8) is 0 Å². The molecule has 0 aliphatic rings. The van der Waals surface area contributed by atoms with E-state index in [1.807, 2.05) is 22.6 Å². The third-order valence-electron chi connectivity index (χ3n) is 1.18. The number of halogens is 3. The molecule has 0 atom stereocenters. The Labute approximate surface area is 99.3 Å². The first-order valence-electron chi connectivity index (χ1n) is 3.19. The molecule has 1 rings (SSSR count). The topological polar surface area (TPSA) is 26.3 Å². The first-order valence-corrected chi connectivity index (χ1v) is 5.02. The van der Waals surface area contributed by atoms with Gasteiger partial charge in [0.15, 0.2) is 5.75 Å². The van der Waals surface area contributed by atoms with Crippen LogP contribution in [0.3, 0.4) is 0 Å². The van der Waals surface area contributed by atoms with E-state index in [-0.39, 0.29) is 0 Å². The Morgan fingerprint density at radius 1 is 1.46 bits per heavy atom. The minimum absolute atomic E-state index is 0.298. The zero-order valence-corrected chi connectivity index (χ0v) is 9.98. The van der Waals surface area contributed by atoms with Crippen LogP contribution in [0.4, 0.5) is 0 Å². The number of hydrogen-bond acceptors (Lipinski definition) is 2. The Bertz CT molecular complexity index is 329. The lowest BCUT2D eigenvalue weighted by molar-refractivity contribution is -0.129. The lowest BCUT2D eigenvalue weighted by Crippen LogP contribution is -2.03. The summed E-state index contributed by atoms with van der Waals surface area (Å²) in [6.07, 6.45) is 0. The van der Waals surface area contributed by atoms with Gasteiger partial charge in [-0.05, 0) is 34.7 Å². The van der Waals surface area contributed by atoms with E-state index >= 15 is 0 Å². The Morgan fingerprint density at radius 2 is 2.08 bits per heavy atom. The fraction of sp³-hybridized carbons (Fsp3) is 0. The average Bonchev–Trinajstić information content (AvgIpc) is 1.96. The molecule has 0 aromatic heterocycles. The number of carbonyl (C=O) groups excluding carboxylic acids is 1. The molecule has 1 radical (unpaired) electrons. The van der Waals surface area contributed by atoms with Crippen LogP contribution in [-0.4, -0.2) is 5.97 Å². The standard InChI is InChI=1S/C8H4Cl2IO2/c1-4(12)13-8-6(10)2-5(9)3-7(8)11/h2-3H,1H2. The molecule has 2 nitrogen and oxygen atoms in total. The van der Waals surface area contributed by atoms with E-state index in [2.05, 4.69) is 6.92 Å². The highest BCUT2D eigenvalue weighted by molar-refractivity contribution is 14.1. The zero-order valence-electron chi connectivity index (χ0n) is 6.31. The first kappa shape index (κ1) is 11.1. The monoisotopic (exact) mass is 329 g/mol. The highest BCUT2D eigenvalue weighted by Gasteiger charge is 2.10. The highest BCUT2D eigenvalue weighted by Crippen LogP contribution is 2.33. The second-order valence-electron chi connectivity index (χ2n) is 2.17. The molecule has 0 bridgehead atoms. The lowest BCUT2D eigenvalue weighted by atomic mass is 10.3. The van der Waals surface area contributed by atoms with E-state index in [0.29, 0.717) is 19.4 Å². The molecule has 5 heteroatoms. The van der Waals surface area contributed by atoms with Gasteiger partial charge < -0.3 is 4.74 Å². The summed E-state index contributed by atoms with van der Waals surface area (Å²) in [5, 5.41) is 0.798. The summed E-state index contributed by atoms with van der Waals surface area (Å²) in [4.78, 5) is 10.6. The van der Waals surface area contributed by atoms with E-state index in [1.54, 1.807) is 6.07 Å². The molecule has 0 N–H and O–H groups in total. The zero-order chi connectivity index (χ0) is 10.0. The normalized spacial score (nSPS) is 9.85. The number of rotatable bonds is 1. The van der Waals surface area contributed by atoms with Crippen LogP contribution in [0.1, 0.15) is 0 Å². The van der Waals surface area contributed by atoms with Crippen LogP contribution < -0.4 is 4.74 Å². The number of benzene rings is 1. The maximum atomic E-state index is 10.6. The molecule has 0 fully saturated rings. The van der Waals surface area contributed by atoms with Gasteiger partial charge in [-0.25, -0.2) is 0 Å². The first-order chi connectivity index (χ1) is 6.00. The van der Waals surface area contributed by atoms with E-state index in [9.17, 15) is 4.79 Å². The Morgan fingerprint density at radius 3 is 2.54 bits per heavy atom. The van der Waals surface area contributed by atoms with Crippen molar-refractivity contribution in [2.45, 2.75) is 0 Å². The molecule has 0 aliphatic heterocycles. The van der Waals surface area contributed by atoms with Crippen molar-refractivity contribution in [1.29, 1.82) is 0 Å². The van der Waals surface area contributed by atoms with Crippen LogP contribution in [0.15, 0.2) is 12.1 Å². The molecular formula is C8H4Cl2IO2. The molecule has 69 valence electrons. The van der Waals surface area contributed by atoms with Gasteiger partial charge in [-0.3, -0.25) is 4.79 Å². The SMILES string of the molecule is [CH2]C(=O)Oc1c(Cl)cc(Cl)cc1I. The summed E-state index contributed by atoms with van der Waals surface area (Å²) in [5.74, 6) is -0.353. The van der Waals surface area contributed by atoms with Gasteiger partial charge in [-0.2, -0.15) is 0 Å². The molecule has 0 saturated carbocycles. The third kappa shape index (κ3) is 3.00. The summed E-state index contributed by atoms with van der Waals surface area (Å²) in [5.41, 5.74) is 0. The number of ether oxygens (including phenoxy) is 1. The quantitative estimate of drug-likeness (QED) is 0.449. The highest BCUT2D eigenvalue weighted by atomic mass is 127. The largest absolute Gasteiger partial charge is 0.424 e. The van der Waals surface area contributed by atoms with E-state index in [1.165, 1.54) is 6.07 Å². The second kappa shape index (κ2) is 4.48. The number of esters is 1. The lowest BCUT2D eigenvalue weighted by Gasteiger charge is -2.06. The van der Waals surface area contributed by atoms with Crippen molar-refractivity contribution < 1.29 is 9.53 Å². The summed E-state index contributed by atoms with van der Waals surface area (Å²) in [6.45, 7) is 3.08. The molecule has 0 unspecified atom stereocenters. The van der Waals surface area contributed by atoms with Crippen molar-refractivity contribution in [1.82, 2.24) is 0 Å². The molecule has 0 spiro atoms. The van der Waals surface area contributed by atoms with Crippen LogP contribution in [0.2, 0.25) is 10.0 Å². The Balaban J connectivity index is 3.13. The molecule has 13 heavy (non-hydrogen) atoms. The van der Waals surface area contributed by atoms with Gasteiger partial charge >= 0.3 is 5.97 Å². The second-order valence-corrected chi connectivity index (χ2v) is 4.18. The fourth-order valence-corrected chi connectivity index (χ4v) is 2.35. The van der Waals surface area contributed by atoms with Crippen LogP contribution in [0.25, 0.3) is 0 Å². The van der Waals surface area contributed by atoms with Crippen LogP contribution in [0.5, 0.6) is 5.75 Å². The molecule has 0 saturated heterocycles. The van der Waals surface area contributed by atoms with Crippen molar-refractivity contribution in [2.75, 3.05) is 0 Å². The number of hydrogen-bond donors (Lipinski definition) is 0. The Hall–Kier alpha value is -0.000000000000000111. The van der Waals surface area contributed by atoms with E-state index in [4.69, 9.17) is 27.9 Å². The van der Waals surface area contributed by atoms with Gasteiger partial charge in [0.05, 0.1) is 15.5 Å². The Kier molecular flexibility index (Phi) is 3.82. The van der Waals surface area contributed by atoms with Crippen molar-refractivity contribution in [3.8, 4) is 5.75 Å². The summed E-state index contributed by atoms with van der Waals surface area (Å²) < 4.78 is 5.46. The van der Waals surface area contributed by atoms with E-state index < -0.39 is 5.97 Å². The molecule has 0 aliphatic carbocycles. The van der Waals surface area contributed by atoms with Gasteiger partial charge in [-0.15, -0.1) is 0 Å². The van der Waals surface area contributed by atoms with E-state index in [0.717, 1.165) is 0 Å². The van der Waals surface area contributed by atoms with Crippen LogP contribution in [-0.2, 0) is 4.79 Å². The number of carbonyl (C=O) groups is 1. The predicted octanol–water partition coefficient (Wildman–Crippen LogP) is 3.34. The summed E-state index contributed by atoms with van der Waals surface area (Å²) in [6, 6.07) is 3.15. The molecule has 0 amide bonds. The van der Waals surface area contributed by atoms with Gasteiger partial charge in [-0.1, -0.05) is 23.2 Å². The molecule has 1 aromatic rings. The third-order valence-corrected chi connectivity index (χ3v) is 2.48. The minimum atomic E-state index is -0.651. The van der Waals surface area contributed by atoms with Gasteiger partial charge in [0.25, 0.3) is 0 Å². The van der Waals surface area contributed by atoms with Crippen LogP contribution >= 0.6 is 45.8 Å². The molecular weight excluding hydrogens is 326 g/mol. The van der Waals surface area contributed by atoms with Gasteiger partial charge in [0.1, 0.15) is 0 Å². The fourth-order valence-electron chi connectivity index (χ4n) is 0.740. The summed E-state index contributed by atoms with van der Waals surface area (Å²) in [7, 11) is 0. The average molecular weight is 330 g/mol. The maximum Gasteiger partial charge on any atom is 0.311 e. The molecule has 0 heterocycles. The van der Waals surface area contributed by atoms with Gasteiger partial charge in [0.2, 0.25) is 0 Å². The van der Waals surface area contributed by atoms with Crippen molar-refractivity contribution in [3.05, 3.63) is 32.7 Å². The van der Waals surface area contributed by atoms with Crippen molar-refractivity contribution >= 4 is 51.8 Å².